The van der Waals surface area contributed by atoms with Crippen molar-refractivity contribution in [2.24, 2.45) is 0 Å². The maximum atomic E-state index is 12.6. The third kappa shape index (κ3) is 3.69. The molecule has 0 bridgehead atoms. The van der Waals surface area contributed by atoms with Crippen LogP contribution in [0.3, 0.4) is 0 Å². The molecule has 2 aromatic carbocycles. The summed E-state index contributed by atoms with van der Waals surface area (Å²) in [5.74, 6) is 1.03. The van der Waals surface area contributed by atoms with Gasteiger partial charge in [0.25, 0.3) is 0 Å². The van der Waals surface area contributed by atoms with Crippen LogP contribution in [0.4, 0.5) is 13.2 Å². The normalized spacial score (nSPS) is 11.3. The van der Waals surface area contributed by atoms with Crippen molar-refractivity contribution in [1.29, 1.82) is 0 Å². The fourth-order valence-corrected chi connectivity index (χ4v) is 2.07. The minimum Gasteiger partial charge on any atom is -0.439 e. The van der Waals surface area contributed by atoms with Gasteiger partial charge in [0.15, 0.2) is 0 Å². The molecule has 0 amide bonds. The Morgan fingerprint density at radius 3 is 2.09 bits per heavy atom. The van der Waals surface area contributed by atoms with Gasteiger partial charge in [-0.3, -0.25) is 0 Å². The van der Waals surface area contributed by atoms with Crippen molar-refractivity contribution < 1.29 is 17.9 Å². The number of alkyl halides is 3. The van der Waals surface area contributed by atoms with E-state index in [-0.39, 0.29) is 0 Å². The number of ether oxygens (including phenoxy) is 1. The molecule has 0 aliphatic heterocycles. The summed E-state index contributed by atoms with van der Waals surface area (Å²) in [5.41, 5.74) is 0.460. The zero-order valence-corrected chi connectivity index (χ0v) is 11.9. The van der Waals surface area contributed by atoms with Crippen LogP contribution in [0.2, 0.25) is 0 Å². The highest BCUT2D eigenvalue weighted by Gasteiger charge is 2.29. The minimum atomic E-state index is -4.34. The van der Waals surface area contributed by atoms with Gasteiger partial charge in [-0.1, -0.05) is 36.4 Å². The van der Waals surface area contributed by atoms with Crippen LogP contribution in [-0.2, 0) is 6.18 Å². The van der Waals surface area contributed by atoms with Gasteiger partial charge in [-0.25, -0.2) is 4.98 Å². The molecule has 1 heterocycles. The number of hydrogen-bond acceptors (Lipinski definition) is 2. The minimum absolute atomic E-state index is 0.383. The first-order chi connectivity index (χ1) is 11.0. The first-order valence-corrected chi connectivity index (χ1v) is 6.90. The number of hydrogen-bond donors (Lipinski definition) is 0. The Morgan fingerprint density at radius 2 is 1.43 bits per heavy atom. The van der Waals surface area contributed by atoms with E-state index < -0.39 is 11.7 Å². The highest BCUT2D eigenvalue weighted by Crippen LogP contribution is 2.31. The van der Waals surface area contributed by atoms with E-state index in [2.05, 4.69) is 4.98 Å². The van der Waals surface area contributed by atoms with Crippen molar-refractivity contribution in [2.75, 3.05) is 0 Å². The molecule has 0 fully saturated rings. The zero-order chi connectivity index (χ0) is 16.3. The molecule has 5 heteroatoms. The Labute approximate surface area is 131 Å². The van der Waals surface area contributed by atoms with Gasteiger partial charge in [0.1, 0.15) is 5.75 Å². The van der Waals surface area contributed by atoms with Crippen LogP contribution in [0.1, 0.15) is 5.56 Å². The average molecular weight is 315 g/mol. The Bertz CT molecular complexity index is 783. The van der Waals surface area contributed by atoms with Crippen molar-refractivity contribution in [1.82, 2.24) is 4.98 Å². The van der Waals surface area contributed by atoms with Crippen molar-refractivity contribution in [2.45, 2.75) is 6.18 Å². The van der Waals surface area contributed by atoms with Gasteiger partial charge >= 0.3 is 6.18 Å². The molecule has 3 aromatic rings. The van der Waals surface area contributed by atoms with Crippen molar-refractivity contribution in [3.63, 3.8) is 0 Å². The van der Waals surface area contributed by atoms with E-state index in [0.29, 0.717) is 22.9 Å². The lowest BCUT2D eigenvalue weighted by Gasteiger charge is -2.09. The molecule has 0 N–H and O–H groups in total. The molecule has 23 heavy (non-hydrogen) atoms. The predicted molar refractivity (Wildman–Crippen MR) is 81.2 cm³/mol. The molecule has 3 rings (SSSR count). The van der Waals surface area contributed by atoms with Crippen LogP contribution in [0.5, 0.6) is 11.6 Å². The maximum Gasteiger partial charge on any atom is 0.416 e. The topological polar surface area (TPSA) is 22.1 Å². The lowest BCUT2D eigenvalue weighted by Crippen LogP contribution is -2.04. The molecule has 2 nitrogen and oxygen atoms in total. The van der Waals surface area contributed by atoms with Crippen LogP contribution < -0.4 is 4.74 Å². The SMILES string of the molecule is FC(F)(F)c1ccc(-c2cccc(Oc3ccccc3)n2)cc1. The summed E-state index contributed by atoms with van der Waals surface area (Å²) < 4.78 is 43.4. The molecule has 1 aromatic heterocycles. The number of aromatic nitrogens is 1. The van der Waals surface area contributed by atoms with E-state index >= 15 is 0 Å². The molecule has 0 saturated carbocycles. The third-order valence-electron chi connectivity index (χ3n) is 3.20. The molecule has 116 valence electrons. The molecule has 0 radical (unpaired) electrons. The van der Waals surface area contributed by atoms with Crippen LogP contribution in [0.25, 0.3) is 11.3 Å². The molecule has 0 spiro atoms. The number of para-hydroxylation sites is 1. The van der Waals surface area contributed by atoms with E-state index in [9.17, 15) is 13.2 Å². The predicted octanol–water partition coefficient (Wildman–Crippen LogP) is 5.56. The monoisotopic (exact) mass is 315 g/mol. The summed E-state index contributed by atoms with van der Waals surface area (Å²) in [4.78, 5) is 4.33. The highest BCUT2D eigenvalue weighted by molar-refractivity contribution is 5.60. The largest absolute Gasteiger partial charge is 0.439 e. The quantitative estimate of drug-likeness (QED) is 0.631. The second-order valence-corrected chi connectivity index (χ2v) is 4.85. The Hall–Kier alpha value is -2.82. The lowest BCUT2D eigenvalue weighted by atomic mass is 10.1. The first kappa shape index (κ1) is 15.1. The zero-order valence-electron chi connectivity index (χ0n) is 11.9. The second kappa shape index (κ2) is 6.12. The van der Waals surface area contributed by atoms with Gasteiger partial charge in [-0.05, 0) is 30.3 Å². The summed E-state index contributed by atoms with van der Waals surface area (Å²) in [6.07, 6.45) is -4.34. The molecule has 0 saturated heterocycles. The van der Waals surface area contributed by atoms with Gasteiger partial charge in [-0.15, -0.1) is 0 Å². The van der Waals surface area contributed by atoms with Crippen molar-refractivity contribution >= 4 is 0 Å². The molecule has 0 aliphatic carbocycles. The second-order valence-electron chi connectivity index (χ2n) is 4.85. The van der Waals surface area contributed by atoms with E-state index in [0.717, 1.165) is 12.1 Å². The first-order valence-electron chi connectivity index (χ1n) is 6.90. The Balaban J connectivity index is 1.85. The van der Waals surface area contributed by atoms with E-state index in [1.54, 1.807) is 30.3 Å². The summed E-state index contributed by atoms with van der Waals surface area (Å²) in [6.45, 7) is 0. The van der Waals surface area contributed by atoms with E-state index in [4.69, 9.17) is 4.74 Å². The van der Waals surface area contributed by atoms with Gasteiger partial charge in [0, 0.05) is 11.6 Å². The summed E-state index contributed by atoms with van der Waals surface area (Å²) in [6, 6.07) is 19.2. The average Bonchev–Trinajstić information content (AvgIpc) is 2.55. The molecular weight excluding hydrogens is 303 g/mol. The highest BCUT2D eigenvalue weighted by atomic mass is 19.4. The summed E-state index contributed by atoms with van der Waals surface area (Å²) in [7, 11) is 0. The third-order valence-corrected chi connectivity index (χ3v) is 3.20. The van der Waals surface area contributed by atoms with Crippen LogP contribution >= 0.6 is 0 Å². The summed E-state index contributed by atoms with van der Waals surface area (Å²) >= 11 is 0. The number of benzene rings is 2. The molecular formula is C18H12F3NO. The maximum absolute atomic E-state index is 12.6. The van der Waals surface area contributed by atoms with Gasteiger partial charge in [-0.2, -0.15) is 13.2 Å². The fraction of sp³-hybridized carbons (Fsp3) is 0.0556. The molecule has 0 aliphatic rings. The number of rotatable bonds is 3. The Morgan fingerprint density at radius 1 is 0.739 bits per heavy atom. The van der Waals surface area contributed by atoms with Gasteiger partial charge < -0.3 is 4.74 Å². The molecule has 0 atom stereocenters. The lowest BCUT2D eigenvalue weighted by molar-refractivity contribution is -0.137. The Kier molecular flexibility index (Phi) is 4.02. The standard InChI is InChI=1S/C18H12F3NO/c19-18(20,21)14-11-9-13(10-12-14)16-7-4-8-17(22-16)23-15-5-2-1-3-6-15/h1-12H. The fourth-order valence-electron chi connectivity index (χ4n) is 2.07. The van der Waals surface area contributed by atoms with E-state index in [1.165, 1.54) is 12.1 Å². The van der Waals surface area contributed by atoms with Crippen molar-refractivity contribution in [3.05, 3.63) is 78.4 Å². The van der Waals surface area contributed by atoms with Crippen LogP contribution in [0.15, 0.2) is 72.8 Å². The molecule has 0 unspecified atom stereocenters. The summed E-state index contributed by atoms with van der Waals surface area (Å²) in [5, 5.41) is 0. The van der Waals surface area contributed by atoms with Crippen LogP contribution in [0, 0.1) is 0 Å². The van der Waals surface area contributed by atoms with Gasteiger partial charge in [0.2, 0.25) is 5.88 Å². The van der Waals surface area contributed by atoms with E-state index in [1.807, 2.05) is 18.2 Å². The number of nitrogens with zero attached hydrogens (tertiary/aromatic N) is 1. The van der Waals surface area contributed by atoms with Gasteiger partial charge in [0.05, 0.1) is 11.3 Å². The van der Waals surface area contributed by atoms with Crippen LogP contribution in [-0.4, -0.2) is 4.98 Å². The number of halogens is 3. The van der Waals surface area contributed by atoms with Crippen molar-refractivity contribution in [3.8, 4) is 22.9 Å². The smallest absolute Gasteiger partial charge is 0.416 e. The number of pyridine rings is 1.